The van der Waals surface area contributed by atoms with Gasteiger partial charge in [0, 0.05) is 37.9 Å². The van der Waals surface area contributed by atoms with Crippen LogP contribution < -0.4 is 0 Å². The number of aromatic nitrogens is 2. The minimum Gasteiger partial charge on any atom is -0.304 e. The quantitative estimate of drug-likeness (QED) is 0.127. The summed E-state index contributed by atoms with van der Waals surface area (Å²) in [5.41, 5.74) is 13.6. The van der Waals surface area contributed by atoms with Gasteiger partial charge in [0.2, 0.25) is 0 Å². The Morgan fingerprint density at radius 1 is 0.517 bits per heavy atom. The van der Waals surface area contributed by atoms with Crippen LogP contribution in [0.25, 0.3) is 66.0 Å². The Kier molecular flexibility index (Phi) is 10.7. The summed E-state index contributed by atoms with van der Waals surface area (Å²) in [6, 6.07) is 48.8. The minimum atomic E-state index is -0.151. The van der Waals surface area contributed by atoms with Crippen LogP contribution >= 0.6 is 0 Å². The van der Waals surface area contributed by atoms with Gasteiger partial charge in [-0.3, -0.25) is 0 Å². The number of hydrogen-bond donors (Lipinski definition) is 0. The van der Waals surface area contributed by atoms with Gasteiger partial charge >= 0.3 is 0 Å². The molecule has 2 aromatic heterocycles. The first-order valence-electron chi connectivity index (χ1n) is 20.3. The number of benzene rings is 6. The molecule has 1 aliphatic carbocycles. The van der Waals surface area contributed by atoms with Gasteiger partial charge in [0.25, 0.3) is 0 Å². The standard InChI is InChI=1S/C36H30N.C19H24N.Ir/c1-35(2,3)26-15-16-27-24(20-26)12-10-23-11-13-25(21-30(23)27)34-33-29(18-19-37-34)32-28-9-7-6-8-22(28)14-17-31(32)36(33,4)5;1-18(2,3)15-9-7-14(8-10-15)17-12-11-16(13-20-17)19(4,5)6;/h6-12,14-21H,1-5H3;7,9-13H,1-6H3;/q2*-1;. The summed E-state index contributed by atoms with van der Waals surface area (Å²) >= 11 is 0. The summed E-state index contributed by atoms with van der Waals surface area (Å²) in [6.07, 6.45) is 3.94. The van der Waals surface area contributed by atoms with Crippen LogP contribution in [0, 0.1) is 12.1 Å². The molecule has 2 nitrogen and oxygen atoms in total. The summed E-state index contributed by atoms with van der Waals surface area (Å²) < 4.78 is 0. The molecule has 0 amide bonds. The van der Waals surface area contributed by atoms with Gasteiger partial charge < -0.3 is 9.97 Å². The first-order chi connectivity index (χ1) is 26.9. The second-order valence-electron chi connectivity index (χ2n) is 19.4. The predicted molar refractivity (Wildman–Crippen MR) is 243 cm³/mol. The zero-order valence-electron chi connectivity index (χ0n) is 35.9. The molecule has 0 spiro atoms. The van der Waals surface area contributed by atoms with E-state index in [0.29, 0.717) is 0 Å². The Bertz CT molecular complexity index is 2730. The van der Waals surface area contributed by atoms with E-state index in [-0.39, 0.29) is 41.8 Å². The van der Waals surface area contributed by atoms with Gasteiger partial charge in [-0.1, -0.05) is 166 Å². The molecule has 0 N–H and O–H groups in total. The molecular weight excluding hydrogens is 881 g/mol. The molecule has 9 rings (SSSR count). The van der Waals surface area contributed by atoms with Crippen molar-refractivity contribution in [1.82, 2.24) is 9.97 Å². The molecule has 3 heteroatoms. The van der Waals surface area contributed by atoms with Crippen LogP contribution in [0.2, 0.25) is 0 Å². The molecule has 58 heavy (non-hydrogen) atoms. The fourth-order valence-electron chi connectivity index (χ4n) is 8.37. The zero-order chi connectivity index (χ0) is 40.5. The minimum absolute atomic E-state index is 0. The van der Waals surface area contributed by atoms with E-state index in [0.717, 1.165) is 22.5 Å². The van der Waals surface area contributed by atoms with Gasteiger partial charge in [-0.2, -0.15) is 0 Å². The maximum atomic E-state index is 4.98. The third-order valence-corrected chi connectivity index (χ3v) is 11.9. The third-order valence-electron chi connectivity index (χ3n) is 11.9. The van der Waals surface area contributed by atoms with Crippen molar-refractivity contribution in [2.75, 3.05) is 0 Å². The number of rotatable bonds is 2. The molecule has 6 aromatic carbocycles. The van der Waals surface area contributed by atoms with Gasteiger partial charge in [0.05, 0.1) is 0 Å². The monoisotopic (exact) mass is 935 g/mol. The predicted octanol–water partition coefficient (Wildman–Crippen LogP) is 14.8. The number of nitrogens with zero attached hydrogens (tertiary/aromatic N) is 2. The molecule has 0 unspecified atom stereocenters. The van der Waals surface area contributed by atoms with Gasteiger partial charge in [-0.15, -0.1) is 59.2 Å². The van der Waals surface area contributed by atoms with Crippen molar-refractivity contribution < 1.29 is 20.1 Å². The first kappa shape index (κ1) is 41.2. The first-order valence-corrected chi connectivity index (χ1v) is 20.3. The van der Waals surface area contributed by atoms with E-state index in [1.54, 1.807) is 0 Å². The van der Waals surface area contributed by atoms with Crippen molar-refractivity contribution in [3.05, 3.63) is 168 Å². The van der Waals surface area contributed by atoms with Gasteiger partial charge in [-0.25, -0.2) is 0 Å². The van der Waals surface area contributed by atoms with Crippen LogP contribution in [-0.4, -0.2) is 9.97 Å². The van der Waals surface area contributed by atoms with Crippen LogP contribution in [0.4, 0.5) is 0 Å². The largest absolute Gasteiger partial charge is 0.304 e. The molecule has 1 radical (unpaired) electrons. The molecule has 0 bridgehead atoms. The molecule has 295 valence electrons. The van der Waals surface area contributed by atoms with E-state index in [1.165, 1.54) is 71.3 Å². The van der Waals surface area contributed by atoms with E-state index in [1.807, 2.05) is 12.4 Å². The smallest absolute Gasteiger partial charge is 0.0198 e. The van der Waals surface area contributed by atoms with Crippen LogP contribution in [0.3, 0.4) is 0 Å². The van der Waals surface area contributed by atoms with Gasteiger partial charge in [-0.05, 0) is 88.6 Å². The van der Waals surface area contributed by atoms with Crippen LogP contribution in [-0.2, 0) is 41.8 Å². The van der Waals surface area contributed by atoms with Crippen LogP contribution in [0.15, 0.2) is 128 Å². The molecule has 0 atom stereocenters. The molecule has 1 aliphatic rings. The topological polar surface area (TPSA) is 25.8 Å². The summed E-state index contributed by atoms with van der Waals surface area (Å²) in [5, 5.41) is 7.61. The summed E-state index contributed by atoms with van der Waals surface area (Å²) in [4.78, 5) is 9.56. The van der Waals surface area contributed by atoms with E-state index in [9.17, 15) is 0 Å². The Balaban J connectivity index is 0.000000208. The maximum absolute atomic E-state index is 4.98. The second-order valence-corrected chi connectivity index (χ2v) is 19.4. The number of hydrogen-bond acceptors (Lipinski definition) is 2. The fourth-order valence-corrected chi connectivity index (χ4v) is 8.37. The molecule has 8 aromatic rings. The van der Waals surface area contributed by atoms with E-state index >= 15 is 0 Å². The average Bonchev–Trinajstić information content (AvgIpc) is 3.43. The maximum Gasteiger partial charge on any atom is 0.0198 e. The number of pyridine rings is 2. The molecule has 0 fully saturated rings. The summed E-state index contributed by atoms with van der Waals surface area (Å²) in [7, 11) is 0. The molecule has 0 aliphatic heterocycles. The van der Waals surface area contributed by atoms with E-state index in [4.69, 9.17) is 4.98 Å². The van der Waals surface area contributed by atoms with Gasteiger partial charge in [0.15, 0.2) is 0 Å². The van der Waals surface area contributed by atoms with Crippen LogP contribution in [0.1, 0.15) is 104 Å². The molecule has 2 heterocycles. The van der Waals surface area contributed by atoms with E-state index < -0.39 is 0 Å². The van der Waals surface area contributed by atoms with Gasteiger partial charge in [0.1, 0.15) is 0 Å². The zero-order valence-corrected chi connectivity index (χ0v) is 38.2. The van der Waals surface area contributed by atoms with Crippen molar-refractivity contribution in [3.8, 4) is 33.6 Å². The van der Waals surface area contributed by atoms with Crippen molar-refractivity contribution >= 4 is 32.3 Å². The molecular formula is C55H54IrN2-2. The molecule has 0 saturated carbocycles. The normalized spacial score (nSPS) is 13.4. The van der Waals surface area contributed by atoms with Crippen molar-refractivity contribution in [2.45, 2.75) is 97.8 Å². The average molecular weight is 935 g/mol. The molecule has 0 saturated heterocycles. The van der Waals surface area contributed by atoms with Crippen molar-refractivity contribution in [1.29, 1.82) is 0 Å². The fraction of sp³-hybridized carbons (Fsp3) is 0.273. The summed E-state index contributed by atoms with van der Waals surface area (Å²) in [5.74, 6) is 0. The second kappa shape index (κ2) is 15.0. The Labute approximate surface area is 359 Å². The van der Waals surface area contributed by atoms with Crippen LogP contribution in [0.5, 0.6) is 0 Å². The Morgan fingerprint density at radius 2 is 1.17 bits per heavy atom. The Morgan fingerprint density at radius 3 is 1.84 bits per heavy atom. The Hall–Kier alpha value is -4.95. The SMILES string of the molecule is CC(C)(C)c1c[c-]c(-c2ccc(C(C)(C)C)cn2)cc1.CC(C)(C)c1ccc2c(ccc3c[c-]c(-c4nccc5c4C(C)(C)c4ccc6ccccc6c4-5)cc32)c1.[Ir]. The third kappa shape index (κ3) is 7.56. The van der Waals surface area contributed by atoms with Crippen molar-refractivity contribution in [2.24, 2.45) is 0 Å². The number of fused-ring (bicyclic) bond motifs is 8. The summed E-state index contributed by atoms with van der Waals surface area (Å²) in [6.45, 7) is 24.7. The van der Waals surface area contributed by atoms with Crippen molar-refractivity contribution in [3.63, 3.8) is 0 Å². The van der Waals surface area contributed by atoms with E-state index in [2.05, 4.69) is 209 Å².